The highest BCUT2D eigenvalue weighted by atomic mass is 16.5. The van der Waals surface area contributed by atoms with Crippen molar-refractivity contribution >= 4 is 40.1 Å². The Kier molecular flexibility index (Phi) is 23.1. The number of benzene rings is 8. The van der Waals surface area contributed by atoms with E-state index in [1.807, 2.05) is 18.2 Å². The molecule has 0 atom stereocenters. The van der Waals surface area contributed by atoms with Crippen LogP contribution in [-0.2, 0) is 10.2 Å². The van der Waals surface area contributed by atoms with Gasteiger partial charge in [-0.2, -0.15) is 5.26 Å². The predicted octanol–water partition coefficient (Wildman–Crippen LogP) is 24.2. The summed E-state index contributed by atoms with van der Waals surface area (Å²) in [4.78, 5) is 14.1. The molecule has 1 aliphatic carbocycles. The molecule has 1 N–H and O–H groups in total. The van der Waals surface area contributed by atoms with E-state index in [1.165, 1.54) is 142 Å². The average molecular weight is 1200 g/mol. The van der Waals surface area contributed by atoms with Crippen molar-refractivity contribution in [3.05, 3.63) is 204 Å². The molecule has 1 aromatic heterocycles. The number of anilines is 3. The van der Waals surface area contributed by atoms with Gasteiger partial charge in [0.2, 0.25) is 0 Å². The number of aliphatic carboxylic acids is 1. The van der Waals surface area contributed by atoms with Gasteiger partial charge in [0.15, 0.2) is 0 Å². The van der Waals surface area contributed by atoms with Crippen LogP contribution >= 0.6 is 0 Å². The highest BCUT2D eigenvalue weighted by Gasteiger charge is 2.43. The van der Waals surface area contributed by atoms with Crippen molar-refractivity contribution in [1.29, 1.82) is 5.26 Å². The number of nitrogens with zero attached hydrogens (tertiary/aromatic N) is 2. The standard InChI is InChI=1S/C83H92N2O5/c1-5-9-13-17-19-21-51-83(52-22-20-18-14-10-6-2)78-57-67(37-49-76(78)77-50-38-68(58-79(77)83)81-59-69-26-25-61(56-80(69)90-81)55-70(60-84)82(86)87)66-31-43-73(44-32-66)85(71-39-27-62(28-40-71)64-33-45-74(46-34-64)88-53-23-15-11-7-3)72-41-29-63(30-42-72)65-35-47-75(48-36-65)89-54-24-16-12-8-4/h25-50,55-59H,5-24,51-54H2,1-4H3,(H,86,87)/b70-55+. The van der Waals surface area contributed by atoms with E-state index in [-0.39, 0.29) is 11.0 Å². The third-order valence-corrected chi connectivity index (χ3v) is 18.4. The van der Waals surface area contributed by atoms with Crippen LogP contribution in [0.15, 0.2) is 192 Å². The van der Waals surface area contributed by atoms with Crippen molar-refractivity contribution in [2.75, 3.05) is 18.1 Å². The van der Waals surface area contributed by atoms with Crippen LogP contribution < -0.4 is 14.4 Å². The fourth-order valence-corrected chi connectivity index (χ4v) is 13.3. The van der Waals surface area contributed by atoms with Crippen LogP contribution in [0.25, 0.3) is 72.9 Å². The summed E-state index contributed by atoms with van der Waals surface area (Å²) in [5.74, 6) is 1.35. The molecule has 0 radical (unpaired) electrons. The van der Waals surface area contributed by atoms with Gasteiger partial charge in [0.25, 0.3) is 0 Å². The molecule has 0 amide bonds. The minimum atomic E-state index is -1.25. The number of hydrogen-bond acceptors (Lipinski definition) is 6. The first-order valence-corrected chi connectivity index (χ1v) is 34.0. The number of carboxylic acids is 1. The lowest BCUT2D eigenvalue weighted by Gasteiger charge is -2.33. The number of fused-ring (bicyclic) bond motifs is 4. The number of furan rings is 1. The van der Waals surface area contributed by atoms with Crippen LogP contribution in [0.3, 0.4) is 0 Å². The summed E-state index contributed by atoms with van der Waals surface area (Å²) in [7, 11) is 0. The quantitative estimate of drug-likeness (QED) is 0.0240. The van der Waals surface area contributed by atoms with Gasteiger partial charge in [0, 0.05) is 33.4 Å². The minimum absolute atomic E-state index is 0.191. The zero-order valence-electron chi connectivity index (χ0n) is 53.8. The lowest BCUT2D eigenvalue weighted by atomic mass is 9.70. The molecule has 7 nitrogen and oxygen atoms in total. The predicted molar refractivity (Wildman–Crippen MR) is 375 cm³/mol. The molecule has 464 valence electrons. The van der Waals surface area contributed by atoms with Gasteiger partial charge in [-0.25, -0.2) is 4.79 Å². The number of carbonyl (C=O) groups is 1. The Bertz CT molecular complexity index is 3690. The molecule has 0 spiro atoms. The second-order valence-corrected chi connectivity index (χ2v) is 24.9. The van der Waals surface area contributed by atoms with Crippen molar-refractivity contribution in [2.45, 2.75) is 174 Å². The molecule has 8 aromatic carbocycles. The molecule has 1 heterocycles. The fourth-order valence-electron chi connectivity index (χ4n) is 13.3. The van der Waals surface area contributed by atoms with Crippen LogP contribution in [0.1, 0.15) is 186 Å². The van der Waals surface area contributed by atoms with Crippen molar-refractivity contribution < 1.29 is 23.8 Å². The monoisotopic (exact) mass is 1200 g/mol. The number of rotatable bonds is 35. The second kappa shape index (κ2) is 32.2. The lowest BCUT2D eigenvalue weighted by Crippen LogP contribution is -2.25. The normalized spacial score (nSPS) is 12.4. The van der Waals surface area contributed by atoms with Crippen LogP contribution in [0.5, 0.6) is 11.5 Å². The summed E-state index contributed by atoms with van der Waals surface area (Å²) in [6, 6.07) is 67.8. The molecule has 0 bridgehead atoms. The molecule has 90 heavy (non-hydrogen) atoms. The Morgan fingerprint density at radius 3 is 1.29 bits per heavy atom. The van der Waals surface area contributed by atoms with Gasteiger partial charge in [-0.05, 0) is 178 Å². The van der Waals surface area contributed by atoms with E-state index in [2.05, 4.69) is 196 Å². The average Bonchev–Trinajstić information content (AvgIpc) is 1.57. The SMILES string of the molecule is CCCCCCCCC1(CCCCCCCC)c2cc(-c3ccc(N(c4ccc(-c5ccc(OCCCCCC)cc5)cc4)c4ccc(-c5ccc(OCCCCCC)cc5)cc4)cc3)ccc2-c2ccc(-c3cc4ccc(/C=C(\C#N)C(=O)O)cc4o3)cc21. The number of hydrogen-bond donors (Lipinski definition) is 1. The third kappa shape index (κ3) is 16.0. The number of nitriles is 1. The molecule has 1 aliphatic rings. The molecule has 0 aliphatic heterocycles. The van der Waals surface area contributed by atoms with Crippen LogP contribution in [-0.4, -0.2) is 24.3 Å². The van der Waals surface area contributed by atoms with E-state index in [0.29, 0.717) is 11.1 Å². The van der Waals surface area contributed by atoms with Crippen LogP contribution in [0.4, 0.5) is 17.1 Å². The van der Waals surface area contributed by atoms with Gasteiger partial charge in [-0.15, -0.1) is 0 Å². The van der Waals surface area contributed by atoms with Gasteiger partial charge < -0.3 is 23.9 Å². The molecule has 0 unspecified atom stereocenters. The van der Waals surface area contributed by atoms with Crippen molar-refractivity contribution in [1.82, 2.24) is 0 Å². The maximum absolute atomic E-state index is 11.7. The second-order valence-electron chi connectivity index (χ2n) is 24.9. The lowest BCUT2D eigenvalue weighted by molar-refractivity contribution is -0.132. The van der Waals surface area contributed by atoms with E-state index in [1.54, 1.807) is 6.07 Å². The molecule has 10 rings (SSSR count). The van der Waals surface area contributed by atoms with Gasteiger partial charge in [0.05, 0.1) is 13.2 Å². The van der Waals surface area contributed by atoms with Gasteiger partial charge in [0.1, 0.15) is 34.5 Å². The van der Waals surface area contributed by atoms with E-state index in [4.69, 9.17) is 13.9 Å². The zero-order chi connectivity index (χ0) is 62.5. The molecular weight excluding hydrogens is 1100 g/mol. The summed E-state index contributed by atoms with van der Waals surface area (Å²) >= 11 is 0. The van der Waals surface area contributed by atoms with E-state index < -0.39 is 5.97 Å². The van der Waals surface area contributed by atoms with Gasteiger partial charge in [-0.1, -0.05) is 240 Å². The molecule has 0 fully saturated rings. The highest BCUT2D eigenvalue weighted by molar-refractivity contribution is 5.97. The highest BCUT2D eigenvalue weighted by Crippen LogP contribution is 2.56. The summed E-state index contributed by atoms with van der Waals surface area (Å²) in [6.45, 7) is 10.6. The maximum Gasteiger partial charge on any atom is 0.346 e. The van der Waals surface area contributed by atoms with E-state index in [0.717, 1.165) is 119 Å². The molecule has 0 saturated heterocycles. The summed E-state index contributed by atoms with van der Waals surface area (Å²) < 4.78 is 18.8. The Hall–Kier alpha value is -8.60. The van der Waals surface area contributed by atoms with Crippen molar-refractivity contribution in [3.63, 3.8) is 0 Å². The first kappa shape index (κ1) is 64.4. The Morgan fingerprint density at radius 1 is 0.456 bits per heavy atom. The minimum Gasteiger partial charge on any atom is -0.494 e. The Balaban J connectivity index is 0.979. The number of carboxylic acid groups (broad SMARTS) is 1. The van der Waals surface area contributed by atoms with Crippen molar-refractivity contribution in [3.8, 4) is 73.4 Å². The third-order valence-electron chi connectivity index (χ3n) is 18.4. The summed E-state index contributed by atoms with van der Waals surface area (Å²) in [6.07, 6.45) is 27.8. The summed E-state index contributed by atoms with van der Waals surface area (Å²) in [5, 5.41) is 20.0. The largest absolute Gasteiger partial charge is 0.494 e. The zero-order valence-corrected chi connectivity index (χ0v) is 53.8. The molecule has 9 aromatic rings. The fraction of sp³-hybridized carbons (Fsp3) is 0.349. The first-order valence-electron chi connectivity index (χ1n) is 34.0. The van der Waals surface area contributed by atoms with Crippen LogP contribution in [0.2, 0.25) is 0 Å². The number of ether oxygens (including phenoxy) is 2. The molecule has 0 saturated carbocycles. The molecule has 7 heteroatoms. The number of unbranched alkanes of at least 4 members (excludes halogenated alkanes) is 16. The van der Waals surface area contributed by atoms with E-state index in [9.17, 15) is 15.2 Å². The Morgan fingerprint density at radius 2 is 0.844 bits per heavy atom. The van der Waals surface area contributed by atoms with E-state index >= 15 is 0 Å². The Labute approximate surface area is 536 Å². The van der Waals surface area contributed by atoms with Gasteiger partial charge >= 0.3 is 5.97 Å². The maximum atomic E-state index is 11.7. The first-order chi connectivity index (χ1) is 44.2. The van der Waals surface area contributed by atoms with Crippen LogP contribution in [0, 0.1) is 11.3 Å². The van der Waals surface area contributed by atoms with Crippen molar-refractivity contribution in [2.24, 2.45) is 0 Å². The van der Waals surface area contributed by atoms with Gasteiger partial charge in [-0.3, -0.25) is 0 Å². The molecular formula is C83H92N2O5. The summed E-state index contributed by atoms with van der Waals surface area (Å²) in [5.41, 5.74) is 17.5. The topological polar surface area (TPSA) is 95.9 Å². The smallest absolute Gasteiger partial charge is 0.346 e.